The fraction of sp³-hybridized carbons (Fsp3) is 0.761. The van der Waals surface area contributed by atoms with Crippen LogP contribution < -0.4 is 0 Å². The van der Waals surface area contributed by atoms with Crippen LogP contribution in [0.5, 0.6) is 0 Å². The van der Waals surface area contributed by atoms with E-state index in [2.05, 4.69) is 106 Å². The molecule has 77 heavy (non-hydrogen) atoms. The molecule has 6 heteroatoms. The maximum Gasteiger partial charge on any atom is 0.306 e. The van der Waals surface area contributed by atoms with Crippen molar-refractivity contribution in [3.63, 3.8) is 0 Å². The van der Waals surface area contributed by atoms with E-state index >= 15 is 0 Å². The second-order valence-electron chi connectivity index (χ2n) is 22.0. The first kappa shape index (κ1) is 73.6. The first-order chi connectivity index (χ1) is 38.0. The summed E-state index contributed by atoms with van der Waals surface area (Å²) in [5, 5.41) is 0. The predicted octanol–water partition coefficient (Wildman–Crippen LogP) is 22.7. The molecule has 0 radical (unpaired) electrons. The number of hydrogen-bond acceptors (Lipinski definition) is 6. The standard InChI is InChI=1S/C71H124O6/c1-4-7-10-13-16-19-22-25-28-30-32-34-35-37-38-40-43-46-49-52-55-58-61-64-70(73)76-67-68(66-75-69(72)63-60-57-54-51-48-45-42-27-24-21-18-15-12-9-6-3)77-71(74)65-62-59-56-53-50-47-44-41-39-36-33-31-29-26-23-20-17-14-11-8-5-2/h8,11,17,20,22,25-26,29-30,32-33,36,41,44,68H,4-7,9-10,12-16,18-19,21,23-24,27-28,31,34-35,37-40,42-43,45-67H2,1-3H3/b11-8-,20-17-,25-22-,29-26-,32-30-,36-33-,44-41-. The van der Waals surface area contributed by atoms with E-state index < -0.39 is 6.10 Å². The molecule has 0 aromatic heterocycles. The van der Waals surface area contributed by atoms with Crippen molar-refractivity contribution < 1.29 is 28.6 Å². The molecular weight excluding hydrogens is 949 g/mol. The van der Waals surface area contributed by atoms with Gasteiger partial charge in [-0.15, -0.1) is 0 Å². The molecule has 0 N–H and O–H groups in total. The van der Waals surface area contributed by atoms with Gasteiger partial charge in [-0.25, -0.2) is 0 Å². The second-order valence-corrected chi connectivity index (χ2v) is 22.0. The molecule has 0 spiro atoms. The van der Waals surface area contributed by atoms with Crippen molar-refractivity contribution in [1.29, 1.82) is 0 Å². The average Bonchev–Trinajstić information content (AvgIpc) is 3.43. The Labute approximate surface area is 477 Å². The summed E-state index contributed by atoms with van der Waals surface area (Å²) in [4.78, 5) is 38.4. The molecule has 0 bridgehead atoms. The van der Waals surface area contributed by atoms with Gasteiger partial charge in [-0.3, -0.25) is 14.4 Å². The second kappa shape index (κ2) is 65.1. The van der Waals surface area contributed by atoms with E-state index in [9.17, 15) is 14.4 Å². The molecule has 0 aromatic rings. The molecule has 6 nitrogen and oxygen atoms in total. The van der Waals surface area contributed by atoms with Gasteiger partial charge in [0.05, 0.1) is 0 Å². The normalized spacial score (nSPS) is 12.6. The Balaban J connectivity index is 4.38. The first-order valence-corrected chi connectivity index (χ1v) is 33.1. The van der Waals surface area contributed by atoms with Gasteiger partial charge < -0.3 is 14.2 Å². The molecule has 0 heterocycles. The van der Waals surface area contributed by atoms with Crippen LogP contribution in [-0.2, 0) is 28.6 Å². The Morgan fingerprint density at radius 3 is 0.792 bits per heavy atom. The topological polar surface area (TPSA) is 78.9 Å². The SMILES string of the molecule is CC/C=C\C/C=C\C/C=C\C/C=C\C/C=C\CCCCCCCC(=O)OC(COC(=O)CCCCCCCCCCCCC/C=C\C/C=C\CCCCCCC)COC(=O)CCCCCCCCCCCCCCCCC. The third-order valence-corrected chi connectivity index (χ3v) is 14.4. The number of esters is 3. The van der Waals surface area contributed by atoms with Gasteiger partial charge in [0.25, 0.3) is 0 Å². The number of ether oxygens (including phenoxy) is 3. The lowest BCUT2D eigenvalue weighted by Crippen LogP contribution is -2.30. The van der Waals surface area contributed by atoms with Gasteiger partial charge in [0.1, 0.15) is 13.2 Å². The van der Waals surface area contributed by atoms with Gasteiger partial charge in [-0.2, -0.15) is 0 Å². The molecule has 1 atom stereocenters. The monoisotopic (exact) mass is 1070 g/mol. The summed E-state index contributed by atoms with van der Waals surface area (Å²) in [6.07, 6.45) is 85.8. The Morgan fingerprint density at radius 2 is 0.506 bits per heavy atom. The van der Waals surface area contributed by atoms with Crippen LogP contribution >= 0.6 is 0 Å². The van der Waals surface area contributed by atoms with Crippen molar-refractivity contribution in [2.24, 2.45) is 0 Å². The molecule has 0 aliphatic rings. The van der Waals surface area contributed by atoms with Crippen molar-refractivity contribution in [2.75, 3.05) is 13.2 Å². The van der Waals surface area contributed by atoms with E-state index in [1.807, 2.05) is 0 Å². The highest BCUT2D eigenvalue weighted by Gasteiger charge is 2.19. The van der Waals surface area contributed by atoms with E-state index in [4.69, 9.17) is 14.2 Å². The van der Waals surface area contributed by atoms with Crippen molar-refractivity contribution >= 4 is 17.9 Å². The molecule has 0 rings (SSSR count). The molecule has 0 aliphatic heterocycles. The van der Waals surface area contributed by atoms with Crippen molar-refractivity contribution in [3.05, 3.63) is 85.1 Å². The number of allylic oxidation sites excluding steroid dienone is 14. The third-order valence-electron chi connectivity index (χ3n) is 14.4. The van der Waals surface area contributed by atoms with Crippen LogP contribution in [0.15, 0.2) is 85.1 Å². The summed E-state index contributed by atoms with van der Waals surface area (Å²) < 4.78 is 17.0. The van der Waals surface area contributed by atoms with Gasteiger partial charge in [0.15, 0.2) is 6.10 Å². The van der Waals surface area contributed by atoms with Crippen LogP contribution in [0.4, 0.5) is 0 Å². The van der Waals surface area contributed by atoms with Gasteiger partial charge >= 0.3 is 17.9 Å². The summed E-state index contributed by atoms with van der Waals surface area (Å²) in [5.41, 5.74) is 0. The lowest BCUT2D eigenvalue weighted by Gasteiger charge is -2.18. The van der Waals surface area contributed by atoms with Crippen LogP contribution in [-0.4, -0.2) is 37.2 Å². The Bertz CT molecular complexity index is 1470. The Hall–Kier alpha value is -3.41. The average molecular weight is 1070 g/mol. The maximum absolute atomic E-state index is 12.9. The summed E-state index contributed by atoms with van der Waals surface area (Å²) in [6.45, 7) is 6.54. The minimum absolute atomic E-state index is 0.0822. The van der Waals surface area contributed by atoms with E-state index in [1.54, 1.807) is 0 Å². The minimum atomic E-state index is -0.788. The highest BCUT2D eigenvalue weighted by atomic mass is 16.6. The highest BCUT2D eigenvalue weighted by molar-refractivity contribution is 5.71. The van der Waals surface area contributed by atoms with Crippen molar-refractivity contribution in [3.8, 4) is 0 Å². The fourth-order valence-corrected chi connectivity index (χ4v) is 9.44. The molecule has 0 saturated carbocycles. The maximum atomic E-state index is 12.9. The largest absolute Gasteiger partial charge is 0.462 e. The lowest BCUT2D eigenvalue weighted by atomic mass is 10.0. The fourth-order valence-electron chi connectivity index (χ4n) is 9.44. The minimum Gasteiger partial charge on any atom is -0.462 e. The molecular formula is C71H124O6. The molecule has 0 aliphatic carbocycles. The van der Waals surface area contributed by atoms with Gasteiger partial charge in [-0.1, -0.05) is 298 Å². The molecule has 1 unspecified atom stereocenters. The number of hydrogen-bond donors (Lipinski definition) is 0. The van der Waals surface area contributed by atoms with Crippen LogP contribution in [0, 0.1) is 0 Å². The molecule has 0 saturated heterocycles. The predicted molar refractivity (Wildman–Crippen MR) is 334 cm³/mol. The number of carbonyl (C=O) groups is 3. The van der Waals surface area contributed by atoms with E-state index in [0.717, 1.165) is 116 Å². The number of unbranched alkanes of at least 4 members (excludes halogenated alkanes) is 35. The summed E-state index contributed by atoms with van der Waals surface area (Å²) in [5.74, 6) is -0.887. The van der Waals surface area contributed by atoms with Crippen molar-refractivity contribution in [2.45, 2.75) is 335 Å². The molecule has 0 fully saturated rings. The summed E-state index contributed by atoms with van der Waals surface area (Å²) >= 11 is 0. The summed E-state index contributed by atoms with van der Waals surface area (Å²) in [6, 6.07) is 0. The van der Waals surface area contributed by atoms with E-state index in [0.29, 0.717) is 19.3 Å². The zero-order valence-corrected chi connectivity index (χ0v) is 51.0. The van der Waals surface area contributed by atoms with Crippen LogP contribution in [0.1, 0.15) is 329 Å². The third kappa shape index (κ3) is 63.3. The smallest absolute Gasteiger partial charge is 0.306 e. The number of carbonyl (C=O) groups excluding carboxylic acids is 3. The molecule has 0 aromatic carbocycles. The van der Waals surface area contributed by atoms with E-state index in [-0.39, 0.29) is 31.1 Å². The summed E-state index contributed by atoms with van der Waals surface area (Å²) in [7, 11) is 0. The van der Waals surface area contributed by atoms with Crippen LogP contribution in [0.25, 0.3) is 0 Å². The Kier molecular flexibility index (Phi) is 62.2. The van der Waals surface area contributed by atoms with E-state index in [1.165, 1.54) is 173 Å². The Morgan fingerprint density at radius 1 is 0.273 bits per heavy atom. The molecule has 0 amide bonds. The van der Waals surface area contributed by atoms with Gasteiger partial charge in [0.2, 0.25) is 0 Å². The van der Waals surface area contributed by atoms with Gasteiger partial charge in [-0.05, 0) is 96.3 Å². The zero-order valence-electron chi connectivity index (χ0n) is 51.0. The first-order valence-electron chi connectivity index (χ1n) is 33.1. The number of rotatable bonds is 60. The molecule has 444 valence electrons. The van der Waals surface area contributed by atoms with Crippen molar-refractivity contribution in [1.82, 2.24) is 0 Å². The van der Waals surface area contributed by atoms with Crippen LogP contribution in [0.3, 0.4) is 0 Å². The highest BCUT2D eigenvalue weighted by Crippen LogP contribution is 2.17. The zero-order chi connectivity index (χ0) is 55.7. The quantitative estimate of drug-likeness (QED) is 0.0261. The lowest BCUT2D eigenvalue weighted by molar-refractivity contribution is -0.167. The van der Waals surface area contributed by atoms with Gasteiger partial charge in [0, 0.05) is 19.3 Å². The van der Waals surface area contributed by atoms with Crippen LogP contribution in [0.2, 0.25) is 0 Å².